The molecule has 1 fully saturated rings. The average Bonchev–Trinajstić information content (AvgIpc) is 3.34. The van der Waals surface area contributed by atoms with Crippen LogP contribution in [-0.2, 0) is 10.2 Å². The summed E-state index contributed by atoms with van der Waals surface area (Å²) in [7, 11) is 1.38. The largest absolute Gasteiger partial charge is 0.453 e. The number of hydrogen-bond donors (Lipinski definition) is 1. The second-order valence-corrected chi connectivity index (χ2v) is 9.15. The molecule has 1 aromatic carbocycles. The number of halogens is 2. The molecule has 1 spiro atoms. The van der Waals surface area contributed by atoms with Gasteiger partial charge in [0.1, 0.15) is 4.34 Å². The topological polar surface area (TPSA) is 74.8 Å². The molecule has 2 aromatic rings. The second-order valence-electron chi connectivity index (χ2n) is 6.57. The number of nitrogens with zero attached hydrogens (tertiary/aromatic N) is 3. The summed E-state index contributed by atoms with van der Waals surface area (Å²) in [5.41, 5.74) is 1.58. The van der Waals surface area contributed by atoms with E-state index in [2.05, 4.69) is 26.2 Å². The van der Waals surface area contributed by atoms with Gasteiger partial charge in [-0.2, -0.15) is 0 Å². The first kappa shape index (κ1) is 18.5. The highest BCUT2D eigenvalue weighted by Gasteiger charge is 2.50. The van der Waals surface area contributed by atoms with Crippen molar-refractivity contribution >= 4 is 61.8 Å². The highest BCUT2D eigenvalue weighted by molar-refractivity contribution is 9.10. The number of methoxy groups -OCH3 is 1. The Balaban J connectivity index is 1.64. The third-order valence-corrected chi connectivity index (χ3v) is 6.53. The minimum atomic E-state index is -0.344. The van der Waals surface area contributed by atoms with Crippen molar-refractivity contribution in [3.05, 3.63) is 38.8 Å². The van der Waals surface area contributed by atoms with Gasteiger partial charge >= 0.3 is 12.1 Å². The molecule has 1 saturated heterocycles. The molecule has 10 heteroatoms. The van der Waals surface area contributed by atoms with Gasteiger partial charge in [0.15, 0.2) is 5.13 Å². The zero-order chi connectivity index (χ0) is 19.2. The Bertz CT molecular complexity index is 923. The summed E-state index contributed by atoms with van der Waals surface area (Å²) in [6.45, 7) is 1.59. The van der Waals surface area contributed by atoms with Gasteiger partial charge in [0.2, 0.25) is 0 Å². The highest BCUT2D eigenvalue weighted by Crippen LogP contribution is 2.47. The van der Waals surface area contributed by atoms with E-state index in [4.69, 9.17) is 16.3 Å². The van der Waals surface area contributed by atoms with Gasteiger partial charge in [0, 0.05) is 35.2 Å². The number of fused-ring (bicyclic) bond motifs is 2. The molecule has 0 aliphatic carbocycles. The van der Waals surface area contributed by atoms with Crippen LogP contribution in [0.4, 0.5) is 20.4 Å². The van der Waals surface area contributed by atoms with Crippen LogP contribution in [0.1, 0.15) is 12.0 Å². The summed E-state index contributed by atoms with van der Waals surface area (Å²) >= 11 is 10.6. The van der Waals surface area contributed by atoms with E-state index in [1.165, 1.54) is 24.6 Å². The fraction of sp³-hybridized carbons (Fsp3) is 0.353. The number of anilines is 2. The van der Waals surface area contributed by atoms with Crippen molar-refractivity contribution in [3.63, 3.8) is 0 Å². The first-order valence-electron chi connectivity index (χ1n) is 8.25. The number of carbonyl (C=O) groups excluding carboxylic acids is 2. The molecule has 0 bridgehead atoms. The van der Waals surface area contributed by atoms with Crippen LogP contribution >= 0.6 is 38.9 Å². The lowest BCUT2D eigenvalue weighted by Gasteiger charge is -2.25. The van der Waals surface area contributed by atoms with Crippen LogP contribution < -0.4 is 10.2 Å². The molecule has 1 atom stereocenters. The maximum Gasteiger partial charge on any atom is 0.409 e. The number of benzene rings is 1. The van der Waals surface area contributed by atoms with Gasteiger partial charge in [0.05, 0.1) is 13.3 Å². The van der Waals surface area contributed by atoms with Gasteiger partial charge in [-0.15, -0.1) is 0 Å². The fourth-order valence-corrected chi connectivity index (χ4v) is 4.96. The molecule has 2 aliphatic rings. The minimum Gasteiger partial charge on any atom is -0.453 e. The average molecular weight is 472 g/mol. The summed E-state index contributed by atoms with van der Waals surface area (Å²) in [6, 6.07) is 5.59. The molecule has 0 unspecified atom stereocenters. The Labute approximate surface area is 173 Å². The predicted molar refractivity (Wildman–Crippen MR) is 108 cm³/mol. The Morgan fingerprint density at radius 3 is 2.93 bits per heavy atom. The van der Waals surface area contributed by atoms with Gasteiger partial charge < -0.3 is 9.64 Å². The molecule has 7 nitrogen and oxygen atoms in total. The molecular formula is C17H16BrClN4O3S. The third-order valence-electron chi connectivity index (χ3n) is 5.00. The molecule has 4 rings (SSSR count). The van der Waals surface area contributed by atoms with Crippen molar-refractivity contribution in [2.75, 3.05) is 37.0 Å². The van der Waals surface area contributed by atoms with Crippen molar-refractivity contribution in [1.29, 1.82) is 0 Å². The van der Waals surface area contributed by atoms with Crippen molar-refractivity contribution in [2.24, 2.45) is 0 Å². The highest BCUT2D eigenvalue weighted by atomic mass is 79.9. The van der Waals surface area contributed by atoms with Crippen LogP contribution in [-0.4, -0.2) is 48.8 Å². The number of rotatable bonds is 1. The minimum absolute atomic E-state index is 0.266. The van der Waals surface area contributed by atoms with Gasteiger partial charge in [-0.25, -0.2) is 14.6 Å². The van der Waals surface area contributed by atoms with Crippen LogP contribution in [0.15, 0.2) is 28.9 Å². The molecule has 27 heavy (non-hydrogen) atoms. The van der Waals surface area contributed by atoms with E-state index < -0.39 is 0 Å². The quantitative estimate of drug-likeness (QED) is 0.672. The van der Waals surface area contributed by atoms with E-state index in [9.17, 15) is 9.59 Å². The summed E-state index contributed by atoms with van der Waals surface area (Å²) in [5, 5.41) is 3.26. The van der Waals surface area contributed by atoms with Gasteiger partial charge in [0.25, 0.3) is 0 Å². The number of aromatic nitrogens is 1. The lowest BCUT2D eigenvalue weighted by Crippen LogP contribution is -2.41. The van der Waals surface area contributed by atoms with Gasteiger partial charge in [-0.1, -0.05) is 38.9 Å². The molecule has 142 valence electrons. The van der Waals surface area contributed by atoms with E-state index in [0.717, 1.165) is 22.1 Å². The number of ether oxygens (including phenoxy) is 1. The smallest absolute Gasteiger partial charge is 0.409 e. The first-order chi connectivity index (χ1) is 12.9. The number of carbonyl (C=O) groups is 2. The van der Waals surface area contributed by atoms with E-state index in [-0.39, 0.29) is 17.5 Å². The van der Waals surface area contributed by atoms with Crippen LogP contribution in [0.3, 0.4) is 0 Å². The van der Waals surface area contributed by atoms with Crippen LogP contribution in [0.5, 0.6) is 0 Å². The SMILES string of the molecule is COC(=O)N1CC[C@@]2(C1)CN(C(=O)Nc1ncc(Cl)s1)c1ccc(Br)cc12. The zero-order valence-electron chi connectivity index (χ0n) is 14.4. The van der Waals surface area contributed by atoms with Crippen molar-refractivity contribution in [2.45, 2.75) is 11.8 Å². The molecule has 0 saturated carbocycles. The lowest BCUT2D eigenvalue weighted by molar-refractivity contribution is 0.131. The summed E-state index contributed by atoms with van der Waals surface area (Å²) in [6.07, 6.45) is 1.92. The van der Waals surface area contributed by atoms with E-state index >= 15 is 0 Å². The maximum atomic E-state index is 12.9. The molecule has 3 heterocycles. The zero-order valence-corrected chi connectivity index (χ0v) is 17.5. The molecule has 2 aliphatic heterocycles. The lowest BCUT2D eigenvalue weighted by atomic mass is 9.82. The van der Waals surface area contributed by atoms with Crippen molar-refractivity contribution in [1.82, 2.24) is 9.88 Å². The number of thiazole rings is 1. The second kappa shape index (κ2) is 6.96. The fourth-order valence-electron chi connectivity index (χ4n) is 3.80. The maximum absolute atomic E-state index is 12.9. The Morgan fingerprint density at radius 1 is 1.41 bits per heavy atom. The number of nitrogens with one attached hydrogen (secondary N) is 1. The Morgan fingerprint density at radius 2 is 2.22 bits per heavy atom. The summed E-state index contributed by atoms with van der Waals surface area (Å²) < 4.78 is 6.32. The van der Waals surface area contributed by atoms with E-state index in [1.54, 1.807) is 9.80 Å². The number of likely N-dealkylation sites (tertiary alicyclic amines) is 1. The molecular weight excluding hydrogens is 456 g/mol. The number of urea groups is 1. The molecule has 0 radical (unpaired) electrons. The standard InChI is InChI=1S/C17H16BrClN4O3S/c1-26-16(25)22-5-4-17(8-22)9-23(12-3-2-10(18)6-11(12)17)15(24)21-14-20-7-13(19)27-14/h2-3,6-7H,4-5,8-9H2,1H3,(H,20,21,24)/t17-/m1/s1. The Kier molecular flexibility index (Phi) is 4.77. The van der Waals surface area contributed by atoms with Crippen molar-refractivity contribution in [3.8, 4) is 0 Å². The number of hydrogen-bond acceptors (Lipinski definition) is 5. The third kappa shape index (κ3) is 3.28. The normalized spacial score (nSPS) is 20.9. The van der Waals surface area contributed by atoms with Crippen LogP contribution in [0, 0.1) is 0 Å². The first-order valence-corrected chi connectivity index (χ1v) is 10.2. The van der Waals surface area contributed by atoms with Crippen LogP contribution in [0.25, 0.3) is 0 Å². The summed E-state index contributed by atoms with van der Waals surface area (Å²) in [5.74, 6) is 0. The van der Waals surface area contributed by atoms with E-state index in [0.29, 0.717) is 29.1 Å². The van der Waals surface area contributed by atoms with Gasteiger partial charge in [-0.05, 0) is 30.2 Å². The Hall–Kier alpha value is -1.84. The molecule has 1 N–H and O–H groups in total. The molecule has 1 aromatic heterocycles. The van der Waals surface area contributed by atoms with Gasteiger partial charge in [-0.3, -0.25) is 10.2 Å². The summed E-state index contributed by atoms with van der Waals surface area (Å²) in [4.78, 5) is 32.4. The number of amides is 3. The molecule has 3 amide bonds. The monoisotopic (exact) mass is 470 g/mol. The van der Waals surface area contributed by atoms with Crippen molar-refractivity contribution < 1.29 is 14.3 Å². The van der Waals surface area contributed by atoms with Crippen LogP contribution in [0.2, 0.25) is 4.34 Å². The van der Waals surface area contributed by atoms with E-state index in [1.807, 2.05) is 18.2 Å². The predicted octanol–water partition coefficient (Wildman–Crippen LogP) is 4.32.